The van der Waals surface area contributed by atoms with Gasteiger partial charge in [0.2, 0.25) is 0 Å². The molecule has 0 aliphatic carbocycles. The Hall–Kier alpha value is -3.08. The van der Waals surface area contributed by atoms with E-state index in [1.807, 2.05) is 0 Å². The molecule has 0 fully saturated rings. The van der Waals surface area contributed by atoms with Gasteiger partial charge in [-0.3, -0.25) is 4.72 Å². The Morgan fingerprint density at radius 1 is 1.03 bits per heavy atom. The number of nitrogen functional groups attached to an aromatic ring is 1. The van der Waals surface area contributed by atoms with Crippen molar-refractivity contribution in [2.75, 3.05) is 15.8 Å². The SMILES string of the molecule is C[C@H](NC(=O)Nc1ccc(S(=O)(=O)Nc2ccc(N)nn2)cc1)c1cccc(Cl)c1Cl. The number of nitrogens with one attached hydrogen (secondary N) is 3. The fraction of sp³-hybridized carbons (Fsp3) is 0.105. The third-order valence-electron chi connectivity index (χ3n) is 4.14. The first-order valence-electron chi connectivity index (χ1n) is 8.89. The van der Waals surface area contributed by atoms with Crippen molar-refractivity contribution in [2.45, 2.75) is 17.9 Å². The number of hydrogen-bond acceptors (Lipinski definition) is 6. The van der Waals surface area contributed by atoms with Crippen LogP contribution < -0.4 is 21.1 Å². The number of benzene rings is 2. The number of sulfonamides is 1. The maximum Gasteiger partial charge on any atom is 0.319 e. The Labute approximate surface area is 189 Å². The molecule has 0 saturated carbocycles. The zero-order valence-corrected chi connectivity index (χ0v) is 18.5. The van der Waals surface area contributed by atoms with Crippen molar-refractivity contribution in [1.82, 2.24) is 15.5 Å². The van der Waals surface area contributed by atoms with E-state index in [0.717, 1.165) is 0 Å². The molecule has 1 aromatic heterocycles. The number of hydrogen-bond donors (Lipinski definition) is 4. The van der Waals surface area contributed by atoms with Crippen LogP contribution in [0.25, 0.3) is 0 Å². The highest BCUT2D eigenvalue weighted by atomic mass is 35.5. The Bertz CT molecular complexity index is 1190. The highest BCUT2D eigenvalue weighted by Gasteiger charge is 2.17. The summed E-state index contributed by atoms with van der Waals surface area (Å²) in [6.07, 6.45) is 0. The predicted molar refractivity (Wildman–Crippen MR) is 121 cm³/mol. The van der Waals surface area contributed by atoms with E-state index in [-0.39, 0.29) is 16.5 Å². The van der Waals surface area contributed by atoms with Gasteiger partial charge in [0.1, 0.15) is 5.82 Å². The normalized spacial score (nSPS) is 12.1. The van der Waals surface area contributed by atoms with Gasteiger partial charge in [-0.15, -0.1) is 10.2 Å². The molecule has 2 aromatic carbocycles. The predicted octanol–water partition coefficient (Wildman–Crippen LogP) is 4.05. The molecule has 0 aliphatic rings. The average Bonchev–Trinajstić information content (AvgIpc) is 2.72. The first kappa shape index (κ1) is 22.6. The number of nitrogens with two attached hydrogens (primary N) is 1. The summed E-state index contributed by atoms with van der Waals surface area (Å²) in [5, 5.41) is 13.4. The van der Waals surface area contributed by atoms with Gasteiger partial charge in [0.05, 0.1) is 21.0 Å². The summed E-state index contributed by atoms with van der Waals surface area (Å²) in [5.74, 6) is 0.202. The summed E-state index contributed by atoms with van der Waals surface area (Å²) in [6.45, 7) is 1.76. The second kappa shape index (κ2) is 9.38. The number of urea groups is 1. The number of amides is 2. The molecule has 5 N–H and O–H groups in total. The molecule has 3 aromatic rings. The van der Waals surface area contributed by atoms with Crippen molar-refractivity contribution >= 4 is 56.6 Å². The number of halogens is 2. The molecule has 0 spiro atoms. The highest BCUT2D eigenvalue weighted by molar-refractivity contribution is 7.92. The van der Waals surface area contributed by atoms with Crippen LogP contribution >= 0.6 is 23.2 Å². The standard InChI is InChI=1S/C19H18Cl2N6O3S/c1-11(14-3-2-4-15(20)18(14)21)23-19(28)24-12-5-7-13(8-6-12)31(29,30)27-17-10-9-16(22)25-26-17/h2-11H,1H3,(H2,22,25)(H,26,27)(H2,23,24,28)/t11-/m0/s1. The number of aromatic nitrogens is 2. The van der Waals surface area contributed by atoms with Gasteiger partial charge < -0.3 is 16.4 Å². The lowest BCUT2D eigenvalue weighted by Gasteiger charge is -2.17. The minimum absolute atomic E-state index is 0.0174. The van der Waals surface area contributed by atoms with E-state index < -0.39 is 22.1 Å². The topological polar surface area (TPSA) is 139 Å². The average molecular weight is 481 g/mol. The van der Waals surface area contributed by atoms with Crippen LogP contribution in [0, 0.1) is 0 Å². The van der Waals surface area contributed by atoms with Gasteiger partial charge in [0, 0.05) is 5.69 Å². The molecular formula is C19H18Cl2N6O3S. The molecule has 2 amide bonds. The number of anilines is 3. The Balaban J connectivity index is 1.63. The highest BCUT2D eigenvalue weighted by Crippen LogP contribution is 2.29. The molecule has 0 unspecified atom stereocenters. The fourth-order valence-corrected chi connectivity index (χ4v) is 4.08. The monoisotopic (exact) mass is 480 g/mol. The maximum absolute atomic E-state index is 12.4. The Kier molecular flexibility index (Phi) is 6.84. The Morgan fingerprint density at radius 2 is 1.74 bits per heavy atom. The van der Waals surface area contributed by atoms with Crippen LogP contribution in [0.15, 0.2) is 59.5 Å². The molecule has 0 bridgehead atoms. The van der Waals surface area contributed by atoms with E-state index in [2.05, 4.69) is 25.6 Å². The van der Waals surface area contributed by atoms with Gasteiger partial charge >= 0.3 is 6.03 Å². The van der Waals surface area contributed by atoms with Gasteiger partial charge in [0.15, 0.2) is 5.82 Å². The van der Waals surface area contributed by atoms with Gasteiger partial charge in [-0.1, -0.05) is 35.3 Å². The van der Waals surface area contributed by atoms with Crippen molar-refractivity contribution in [3.63, 3.8) is 0 Å². The van der Waals surface area contributed by atoms with Crippen LogP contribution in [0.3, 0.4) is 0 Å². The zero-order valence-electron chi connectivity index (χ0n) is 16.1. The first-order valence-corrected chi connectivity index (χ1v) is 11.1. The molecule has 3 rings (SSSR count). The van der Waals surface area contributed by atoms with Crippen molar-refractivity contribution in [2.24, 2.45) is 0 Å². The number of carbonyl (C=O) groups is 1. The molecule has 162 valence electrons. The number of carbonyl (C=O) groups excluding carboxylic acids is 1. The molecule has 1 atom stereocenters. The lowest BCUT2D eigenvalue weighted by molar-refractivity contribution is 0.249. The lowest BCUT2D eigenvalue weighted by atomic mass is 10.1. The van der Waals surface area contributed by atoms with Gasteiger partial charge in [-0.2, -0.15) is 0 Å². The van der Waals surface area contributed by atoms with Crippen LogP contribution in [0.2, 0.25) is 10.0 Å². The molecule has 1 heterocycles. The van der Waals surface area contributed by atoms with Crippen LogP contribution in [0.4, 0.5) is 22.1 Å². The summed E-state index contributed by atoms with van der Waals surface area (Å²) in [5.41, 5.74) is 6.50. The molecule has 0 saturated heterocycles. The van der Waals surface area contributed by atoms with Gasteiger partial charge in [0.25, 0.3) is 10.0 Å². The molecule has 0 radical (unpaired) electrons. The van der Waals surface area contributed by atoms with Crippen molar-refractivity contribution in [3.8, 4) is 0 Å². The minimum atomic E-state index is -3.88. The largest absolute Gasteiger partial charge is 0.382 e. The summed E-state index contributed by atoms with van der Waals surface area (Å²) in [4.78, 5) is 12.3. The molecular weight excluding hydrogens is 463 g/mol. The van der Waals surface area contributed by atoms with Crippen LogP contribution in [0.1, 0.15) is 18.5 Å². The number of rotatable bonds is 6. The first-order chi connectivity index (χ1) is 14.7. The van der Waals surface area contributed by atoms with Crippen molar-refractivity contribution in [1.29, 1.82) is 0 Å². The molecule has 9 nitrogen and oxygen atoms in total. The molecule has 12 heteroatoms. The van der Waals surface area contributed by atoms with Crippen LogP contribution in [-0.4, -0.2) is 24.6 Å². The summed E-state index contributed by atoms with van der Waals surface area (Å²) >= 11 is 12.2. The molecule has 0 aliphatic heterocycles. The van der Waals surface area contributed by atoms with E-state index in [0.29, 0.717) is 21.3 Å². The van der Waals surface area contributed by atoms with E-state index in [1.54, 1.807) is 25.1 Å². The summed E-state index contributed by atoms with van der Waals surface area (Å²) in [7, 11) is -3.88. The van der Waals surface area contributed by atoms with Crippen molar-refractivity contribution < 1.29 is 13.2 Å². The van der Waals surface area contributed by atoms with Crippen LogP contribution in [-0.2, 0) is 10.0 Å². The second-order valence-corrected chi connectivity index (χ2v) is 8.90. The van der Waals surface area contributed by atoms with Crippen LogP contribution in [0.5, 0.6) is 0 Å². The molecule has 31 heavy (non-hydrogen) atoms. The zero-order chi connectivity index (χ0) is 22.6. The smallest absolute Gasteiger partial charge is 0.319 e. The van der Waals surface area contributed by atoms with Crippen molar-refractivity contribution in [3.05, 3.63) is 70.2 Å². The summed E-state index contributed by atoms with van der Waals surface area (Å²) < 4.78 is 27.2. The van der Waals surface area contributed by atoms with Gasteiger partial charge in [-0.05, 0) is 55.0 Å². The fourth-order valence-electron chi connectivity index (χ4n) is 2.61. The maximum atomic E-state index is 12.4. The van der Waals surface area contributed by atoms with Gasteiger partial charge in [-0.25, -0.2) is 13.2 Å². The Morgan fingerprint density at radius 3 is 2.39 bits per heavy atom. The lowest BCUT2D eigenvalue weighted by Crippen LogP contribution is -2.31. The number of nitrogens with zero attached hydrogens (tertiary/aromatic N) is 2. The quantitative estimate of drug-likeness (QED) is 0.419. The van der Waals surface area contributed by atoms with E-state index in [9.17, 15) is 13.2 Å². The summed E-state index contributed by atoms with van der Waals surface area (Å²) in [6, 6.07) is 12.7. The third-order valence-corrected chi connectivity index (χ3v) is 6.35. The second-order valence-electron chi connectivity index (χ2n) is 6.44. The minimum Gasteiger partial charge on any atom is -0.382 e. The van der Waals surface area contributed by atoms with E-state index in [1.165, 1.54) is 36.4 Å². The van der Waals surface area contributed by atoms with E-state index in [4.69, 9.17) is 28.9 Å². The van der Waals surface area contributed by atoms with E-state index >= 15 is 0 Å². The third kappa shape index (κ3) is 5.75.